The average Bonchev–Trinajstić information content (AvgIpc) is 3.42. The maximum absolute atomic E-state index is 12.9. The van der Waals surface area contributed by atoms with Crippen molar-refractivity contribution in [3.63, 3.8) is 0 Å². The summed E-state index contributed by atoms with van der Waals surface area (Å²) in [4.78, 5) is 27.9. The molecular formula is C25H27NO4S2. The van der Waals surface area contributed by atoms with Gasteiger partial charge in [-0.15, -0.1) is 23.1 Å². The second-order valence-electron chi connectivity index (χ2n) is 7.77. The molecule has 7 heteroatoms. The average molecular weight is 470 g/mol. The first-order valence-corrected chi connectivity index (χ1v) is 12.8. The van der Waals surface area contributed by atoms with E-state index in [2.05, 4.69) is 12.2 Å². The van der Waals surface area contributed by atoms with Crippen molar-refractivity contribution in [2.45, 2.75) is 50.2 Å². The monoisotopic (exact) mass is 469 g/mol. The van der Waals surface area contributed by atoms with E-state index in [4.69, 9.17) is 9.15 Å². The van der Waals surface area contributed by atoms with E-state index in [1.807, 2.05) is 36.4 Å². The SMILES string of the molecule is CCOC(=O)c1c(NC(=O)c2ccc(CSc3ccccc3)o2)sc2c1CCC(CC)C2. The number of amides is 1. The fourth-order valence-electron chi connectivity index (χ4n) is 3.92. The van der Waals surface area contributed by atoms with Gasteiger partial charge in [-0.2, -0.15) is 0 Å². The van der Waals surface area contributed by atoms with Crippen molar-refractivity contribution in [3.8, 4) is 0 Å². The molecule has 0 saturated heterocycles. The first-order chi connectivity index (χ1) is 15.6. The number of benzene rings is 1. The standard InChI is InChI=1S/C25H27NO4S2/c1-3-16-10-12-19-21(14-16)32-24(22(19)25(28)29-4-2)26-23(27)20-13-11-17(30-20)15-31-18-8-6-5-7-9-18/h5-9,11,13,16H,3-4,10,12,14-15H2,1-2H3,(H,26,27). The number of carbonyl (C=O) groups excluding carboxylic acids is 2. The van der Waals surface area contributed by atoms with Gasteiger partial charge in [-0.25, -0.2) is 4.79 Å². The van der Waals surface area contributed by atoms with Gasteiger partial charge >= 0.3 is 5.97 Å². The molecule has 0 radical (unpaired) electrons. The van der Waals surface area contributed by atoms with Crippen LogP contribution in [0, 0.1) is 5.92 Å². The van der Waals surface area contributed by atoms with Gasteiger partial charge in [0.05, 0.1) is 17.9 Å². The van der Waals surface area contributed by atoms with Crippen LogP contribution in [0.15, 0.2) is 51.8 Å². The summed E-state index contributed by atoms with van der Waals surface area (Å²) < 4.78 is 11.1. The van der Waals surface area contributed by atoms with E-state index in [0.29, 0.717) is 28.8 Å². The second-order valence-corrected chi connectivity index (χ2v) is 9.92. The third-order valence-electron chi connectivity index (χ3n) is 5.66. The molecule has 0 aliphatic heterocycles. The molecule has 1 aromatic carbocycles. The zero-order chi connectivity index (χ0) is 22.5. The van der Waals surface area contributed by atoms with Crippen LogP contribution in [0.1, 0.15) is 63.8 Å². The Kier molecular flexibility index (Phi) is 7.37. The van der Waals surface area contributed by atoms with Gasteiger partial charge in [0.2, 0.25) is 0 Å². The normalized spacial score (nSPS) is 15.2. The minimum absolute atomic E-state index is 0.237. The molecule has 1 atom stereocenters. The number of ether oxygens (including phenoxy) is 1. The van der Waals surface area contributed by atoms with Gasteiger partial charge in [0.25, 0.3) is 5.91 Å². The van der Waals surface area contributed by atoms with Crippen LogP contribution in [-0.2, 0) is 23.3 Å². The molecule has 5 nitrogen and oxygen atoms in total. The first kappa shape index (κ1) is 22.7. The molecule has 1 aliphatic rings. The van der Waals surface area contributed by atoms with Gasteiger partial charge in [-0.3, -0.25) is 4.79 Å². The smallest absolute Gasteiger partial charge is 0.341 e. The van der Waals surface area contributed by atoms with E-state index in [0.717, 1.165) is 41.9 Å². The minimum Gasteiger partial charge on any atom is -0.462 e. The molecule has 2 aromatic heterocycles. The van der Waals surface area contributed by atoms with Crippen molar-refractivity contribution in [2.75, 3.05) is 11.9 Å². The summed E-state index contributed by atoms with van der Waals surface area (Å²) in [5, 5.41) is 3.48. The third kappa shape index (κ3) is 5.10. The minimum atomic E-state index is -0.366. The van der Waals surface area contributed by atoms with Gasteiger partial charge in [-0.05, 0) is 61.9 Å². The van der Waals surface area contributed by atoms with Gasteiger partial charge in [0.15, 0.2) is 5.76 Å². The van der Waals surface area contributed by atoms with Crippen LogP contribution < -0.4 is 5.32 Å². The number of carbonyl (C=O) groups is 2. The number of thiophene rings is 1. The van der Waals surface area contributed by atoms with E-state index < -0.39 is 0 Å². The van der Waals surface area contributed by atoms with Crippen molar-refractivity contribution in [1.29, 1.82) is 0 Å². The van der Waals surface area contributed by atoms with Crippen molar-refractivity contribution in [3.05, 3.63) is 70.0 Å². The second kappa shape index (κ2) is 10.4. The molecule has 3 aromatic rings. The molecule has 1 aliphatic carbocycles. The quantitative estimate of drug-likeness (QED) is 0.298. The number of hydrogen-bond acceptors (Lipinski definition) is 6. The summed E-state index contributed by atoms with van der Waals surface area (Å²) in [5.74, 6) is 1.50. The molecule has 32 heavy (non-hydrogen) atoms. The Labute approximate surface area is 196 Å². The van der Waals surface area contributed by atoms with Crippen molar-refractivity contribution >= 4 is 40.0 Å². The summed E-state index contributed by atoms with van der Waals surface area (Å²) in [6, 6.07) is 13.6. The maximum Gasteiger partial charge on any atom is 0.341 e. The van der Waals surface area contributed by atoms with E-state index in [1.165, 1.54) is 16.2 Å². The van der Waals surface area contributed by atoms with Crippen LogP contribution in [0.3, 0.4) is 0 Å². The largest absolute Gasteiger partial charge is 0.462 e. The van der Waals surface area contributed by atoms with E-state index in [1.54, 1.807) is 24.8 Å². The van der Waals surface area contributed by atoms with Crippen LogP contribution in [0.4, 0.5) is 5.00 Å². The highest BCUT2D eigenvalue weighted by molar-refractivity contribution is 7.98. The Morgan fingerprint density at radius 3 is 2.75 bits per heavy atom. The molecule has 0 bridgehead atoms. The van der Waals surface area contributed by atoms with Gasteiger partial charge < -0.3 is 14.5 Å². The Bertz CT molecular complexity index is 1090. The lowest BCUT2D eigenvalue weighted by atomic mass is 9.85. The molecule has 1 amide bonds. The highest BCUT2D eigenvalue weighted by atomic mass is 32.2. The van der Waals surface area contributed by atoms with Crippen LogP contribution in [0.2, 0.25) is 0 Å². The van der Waals surface area contributed by atoms with Gasteiger partial charge in [0.1, 0.15) is 10.8 Å². The number of anilines is 1. The van der Waals surface area contributed by atoms with Crippen molar-refractivity contribution < 1.29 is 18.7 Å². The Balaban J connectivity index is 1.50. The molecule has 1 unspecified atom stereocenters. The molecule has 0 saturated carbocycles. The zero-order valence-corrected chi connectivity index (χ0v) is 19.9. The van der Waals surface area contributed by atoms with Crippen LogP contribution in [-0.4, -0.2) is 18.5 Å². The van der Waals surface area contributed by atoms with E-state index in [9.17, 15) is 9.59 Å². The number of furan rings is 1. The molecule has 0 spiro atoms. The number of nitrogens with one attached hydrogen (secondary N) is 1. The number of thioether (sulfide) groups is 1. The third-order valence-corrected chi connectivity index (χ3v) is 7.87. The molecule has 168 valence electrons. The van der Waals surface area contributed by atoms with Gasteiger partial charge in [-0.1, -0.05) is 31.5 Å². The lowest BCUT2D eigenvalue weighted by Gasteiger charge is -2.20. The summed E-state index contributed by atoms with van der Waals surface area (Å²) in [7, 11) is 0. The first-order valence-electron chi connectivity index (χ1n) is 11.0. The highest BCUT2D eigenvalue weighted by Crippen LogP contribution is 2.41. The Morgan fingerprint density at radius 2 is 2.00 bits per heavy atom. The number of esters is 1. The van der Waals surface area contributed by atoms with E-state index >= 15 is 0 Å². The molecule has 4 rings (SSSR count). The Morgan fingerprint density at radius 1 is 1.19 bits per heavy atom. The number of fused-ring (bicyclic) bond motifs is 1. The summed E-state index contributed by atoms with van der Waals surface area (Å²) in [6.45, 7) is 4.29. The summed E-state index contributed by atoms with van der Waals surface area (Å²) in [6.07, 6.45) is 3.96. The Hall–Kier alpha value is -2.51. The maximum atomic E-state index is 12.9. The fraction of sp³-hybridized carbons (Fsp3) is 0.360. The van der Waals surface area contributed by atoms with Crippen molar-refractivity contribution in [1.82, 2.24) is 0 Å². The molecule has 1 N–H and O–H groups in total. The molecule has 2 heterocycles. The fourth-order valence-corrected chi connectivity index (χ4v) is 6.08. The lowest BCUT2D eigenvalue weighted by Crippen LogP contribution is -2.17. The lowest BCUT2D eigenvalue weighted by molar-refractivity contribution is 0.0526. The predicted molar refractivity (Wildman–Crippen MR) is 129 cm³/mol. The number of rotatable bonds is 8. The number of hydrogen-bond donors (Lipinski definition) is 1. The van der Waals surface area contributed by atoms with Crippen LogP contribution in [0.25, 0.3) is 0 Å². The summed E-state index contributed by atoms with van der Waals surface area (Å²) >= 11 is 3.14. The van der Waals surface area contributed by atoms with Crippen molar-refractivity contribution in [2.24, 2.45) is 5.92 Å². The van der Waals surface area contributed by atoms with Crippen LogP contribution in [0.5, 0.6) is 0 Å². The van der Waals surface area contributed by atoms with E-state index in [-0.39, 0.29) is 17.6 Å². The molecular weight excluding hydrogens is 442 g/mol. The van der Waals surface area contributed by atoms with Crippen LogP contribution >= 0.6 is 23.1 Å². The topological polar surface area (TPSA) is 68.5 Å². The van der Waals surface area contributed by atoms with Gasteiger partial charge in [0, 0.05) is 9.77 Å². The molecule has 0 fully saturated rings. The predicted octanol–water partition coefficient (Wildman–Crippen LogP) is 6.58. The zero-order valence-electron chi connectivity index (χ0n) is 18.3. The highest BCUT2D eigenvalue weighted by Gasteiger charge is 2.30. The summed E-state index contributed by atoms with van der Waals surface area (Å²) in [5.41, 5.74) is 1.55.